The van der Waals surface area contributed by atoms with E-state index in [0.717, 1.165) is 27.9 Å². The predicted octanol–water partition coefficient (Wildman–Crippen LogP) is 5.15. The van der Waals surface area contributed by atoms with Crippen molar-refractivity contribution in [1.82, 2.24) is 4.98 Å². The number of hydrogen-bond acceptors (Lipinski definition) is 2. The van der Waals surface area contributed by atoms with Gasteiger partial charge in [-0.2, -0.15) is 0 Å². The van der Waals surface area contributed by atoms with E-state index < -0.39 is 0 Å². The normalized spacial score (nSPS) is 10.9. The Morgan fingerprint density at radius 3 is 2.52 bits per heavy atom. The molecule has 3 rings (SSSR count). The lowest BCUT2D eigenvalue weighted by atomic mass is 10.0. The summed E-state index contributed by atoms with van der Waals surface area (Å²) < 4.78 is 14.3. The Morgan fingerprint density at radius 1 is 1.14 bits per heavy atom. The van der Waals surface area contributed by atoms with Crippen LogP contribution >= 0.6 is 15.9 Å². The number of nitrogens with one attached hydrogen (secondary N) is 1. The first-order valence-electron chi connectivity index (χ1n) is 6.64. The van der Waals surface area contributed by atoms with E-state index in [0.29, 0.717) is 9.99 Å². The fraction of sp³-hybridized carbons (Fsp3) is 0.118. The summed E-state index contributed by atoms with van der Waals surface area (Å²) in [6, 6.07) is 13.2. The third-order valence-electron chi connectivity index (χ3n) is 3.57. The highest BCUT2D eigenvalue weighted by Gasteiger charge is 2.14. The number of benzene rings is 2. The van der Waals surface area contributed by atoms with Crippen LogP contribution in [-0.4, -0.2) is 12.0 Å². The van der Waals surface area contributed by atoms with Crippen LogP contribution in [0.15, 0.2) is 46.9 Å². The van der Waals surface area contributed by atoms with Gasteiger partial charge in [0.05, 0.1) is 15.7 Å². The molecule has 0 saturated carbocycles. The molecule has 0 aliphatic heterocycles. The molecule has 0 bridgehead atoms. The van der Waals surface area contributed by atoms with Crippen LogP contribution in [-0.2, 0) is 0 Å². The molecule has 106 valence electrons. The molecule has 2 nitrogen and oxygen atoms in total. The Morgan fingerprint density at radius 2 is 1.86 bits per heavy atom. The third-order valence-corrected chi connectivity index (χ3v) is 4.18. The van der Waals surface area contributed by atoms with E-state index >= 15 is 0 Å². The zero-order valence-electron chi connectivity index (χ0n) is 11.7. The summed E-state index contributed by atoms with van der Waals surface area (Å²) in [5.41, 5.74) is 4.56. The predicted molar refractivity (Wildman–Crippen MR) is 89.1 cm³/mol. The van der Waals surface area contributed by atoms with Gasteiger partial charge in [-0.05, 0) is 34.5 Å². The van der Waals surface area contributed by atoms with Gasteiger partial charge in [0, 0.05) is 29.8 Å². The Balaban J connectivity index is 2.38. The van der Waals surface area contributed by atoms with Crippen molar-refractivity contribution < 1.29 is 4.39 Å². The number of aromatic nitrogens is 1. The van der Waals surface area contributed by atoms with Crippen molar-refractivity contribution in [2.24, 2.45) is 0 Å². The first-order valence-corrected chi connectivity index (χ1v) is 7.43. The van der Waals surface area contributed by atoms with E-state index in [1.165, 1.54) is 6.07 Å². The molecular formula is C17H14BrFN2. The number of hydrogen-bond donors (Lipinski definition) is 1. The van der Waals surface area contributed by atoms with Gasteiger partial charge in [-0.25, -0.2) is 9.37 Å². The number of pyridine rings is 1. The molecule has 0 atom stereocenters. The van der Waals surface area contributed by atoms with Crippen molar-refractivity contribution in [2.75, 3.05) is 12.4 Å². The van der Waals surface area contributed by atoms with Crippen molar-refractivity contribution in [1.29, 1.82) is 0 Å². The summed E-state index contributed by atoms with van der Waals surface area (Å²) in [7, 11) is 1.87. The van der Waals surface area contributed by atoms with Gasteiger partial charge in [-0.15, -0.1) is 0 Å². The van der Waals surface area contributed by atoms with Gasteiger partial charge in [-0.3, -0.25) is 0 Å². The molecule has 0 fully saturated rings. The van der Waals surface area contributed by atoms with E-state index in [9.17, 15) is 4.39 Å². The van der Waals surface area contributed by atoms with E-state index in [1.807, 2.05) is 44.3 Å². The molecule has 3 aromatic rings. The lowest BCUT2D eigenvalue weighted by molar-refractivity contribution is 0.623. The molecule has 21 heavy (non-hydrogen) atoms. The lowest BCUT2D eigenvalue weighted by Crippen LogP contribution is -1.99. The lowest BCUT2D eigenvalue weighted by Gasteiger charge is -2.15. The molecule has 0 saturated heterocycles. The molecule has 4 heteroatoms. The zero-order chi connectivity index (χ0) is 15.0. The van der Waals surface area contributed by atoms with E-state index in [4.69, 9.17) is 0 Å². The number of halogens is 2. The summed E-state index contributed by atoms with van der Waals surface area (Å²) in [5, 5.41) is 4.12. The number of fused-ring (bicyclic) bond motifs is 1. The zero-order valence-corrected chi connectivity index (χ0v) is 13.3. The Labute approximate surface area is 131 Å². The molecule has 1 aromatic heterocycles. The van der Waals surface area contributed by atoms with E-state index in [2.05, 4.69) is 26.2 Å². The SMILES string of the molecule is CNc1c(C)c(-c2ccccc2)nc2cc(F)c(Br)cc12. The first kappa shape index (κ1) is 14.0. The minimum Gasteiger partial charge on any atom is -0.387 e. The maximum atomic E-state index is 13.8. The van der Waals surface area contributed by atoms with Crippen LogP contribution in [0.5, 0.6) is 0 Å². The van der Waals surface area contributed by atoms with Crippen molar-refractivity contribution in [2.45, 2.75) is 6.92 Å². The maximum absolute atomic E-state index is 13.8. The molecule has 1 N–H and O–H groups in total. The standard InChI is InChI=1S/C17H14BrFN2/c1-10-16(11-6-4-3-5-7-11)21-15-9-14(19)13(18)8-12(15)17(10)20-2/h3-9H,1-2H3,(H,20,21). The van der Waals surface area contributed by atoms with Crippen LogP contribution in [0.25, 0.3) is 22.2 Å². The monoisotopic (exact) mass is 344 g/mol. The molecule has 0 unspecified atom stereocenters. The van der Waals surface area contributed by atoms with Crippen LogP contribution in [0.4, 0.5) is 10.1 Å². The van der Waals surface area contributed by atoms with Crippen molar-refractivity contribution >= 4 is 32.5 Å². The highest BCUT2D eigenvalue weighted by atomic mass is 79.9. The number of anilines is 1. The summed E-state index contributed by atoms with van der Waals surface area (Å²) in [6.07, 6.45) is 0. The van der Waals surface area contributed by atoms with Crippen LogP contribution in [0, 0.1) is 12.7 Å². The molecule has 0 aliphatic carbocycles. The van der Waals surface area contributed by atoms with Crippen molar-refractivity contribution in [3.8, 4) is 11.3 Å². The van der Waals surface area contributed by atoms with Gasteiger partial charge in [0.15, 0.2) is 0 Å². The van der Waals surface area contributed by atoms with Gasteiger partial charge in [0.25, 0.3) is 0 Å². The molecule has 0 radical (unpaired) electrons. The summed E-state index contributed by atoms with van der Waals surface area (Å²) in [6.45, 7) is 2.03. The maximum Gasteiger partial charge on any atom is 0.139 e. The average molecular weight is 345 g/mol. The summed E-state index contributed by atoms with van der Waals surface area (Å²) in [5.74, 6) is -0.306. The first-order chi connectivity index (χ1) is 10.1. The van der Waals surface area contributed by atoms with Gasteiger partial charge >= 0.3 is 0 Å². The second-order valence-electron chi connectivity index (χ2n) is 4.86. The number of nitrogens with zero attached hydrogens (tertiary/aromatic N) is 1. The van der Waals surface area contributed by atoms with Gasteiger partial charge < -0.3 is 5.32 Å². The van der Waals surface area contributed by atoms with E-state index in [1.54, 1.807) is 6.07 Å². The fourth-order valence-electron chi connectivity index (χ4n) is 2.55. The Bertz CT molecular complexity index is 816. The van der Waals surface area contributed by atoms with Crippen LogP contribution < -0.4 is 5.32 Å². The van der Waals surface area contributed by atoms with Crippen molar-refractivity contribution in [3.05, 3.63) is 58.3 Å². The van der Waals surface area contributed by atoms with Crippen LogP contribution in [0.2, 0.25) is 0 Å². The Kier molecular flexibility index (Phi) is 3.64. The molecule has 0 aliphatic rings. The third kappa shape index (κ3) is 2.40. The average Bonchev–Trinajstić information content (AvgIpc) is 2.50. The topological polar surface area (TPSA) is 24.9 Å². The van der Waals surface area contributed by atoms with Crippen LogP contribution in [0.3, 0.4) is 0 Å². The Hall–Kier alpha value is -1.94. The highest BCUT2D eigenvalue weighted by molar-refractivity contribution is 9.10. The summed E-state index contributed by atoms with van der Waals surface area (Å²) in [4.78, 5) is 4.65. The quantitative estimate of drug-likeness (QED) is 0.694. The van der Waals surface area contributed by atoms with Gasteiger partial charge in [0.1, 0.15) is 5.82 Å². The second kappa shape index (κ2) is 5.45. The van der Waals surface area contributed by atoms with Gasteiger partial charge in [-0.1, -0.05) is 30.3 Å². The second-order valence-corrected chi connectivity index (χ2v) is 5.71. The molecule has 2 aromatic carbocycles. The smallest absolute Gasteiger partial charge is 0.139 e. The molecular weight excluding hydrogens is 331 g/mol. The van der Waals surface area contributed by atoms with Crippen LogP contribution in [0.1, 0.15) is 5.56 Å². The fourth-order valence-corrected chi connectivity index (χ4v) is 2.90. The molecule has 0 amide bonds. The molecule has 0 spiro atoms. The minimum absolute atomic E-state index is 0.306. The highest BCUT2D eigenvalue weighted by Crippen LogP contribution is 2.35. The van der Waals surface area contributed by atoms with Crippen molar-refractivity contribution in [3.63, 3.8) is 0 Å². The van der Waals surface area contributed by atoms with Gasteiger partial charge in [0.2, 0.25) is 0 Å². The van der Waals surface area contributed by atoms with E-state index in [-0.39, 0.29) is 5.82 Å². The largest absolute Gasteiger partial charge is 0.387 e. The minimum atomic E-state index is -0.306. The number of rotatable bonds is 2. The molecule has 1 heterocycles. The summed E-state index contributed by atoms with van der Waals surface area (Å²) >= 11 is 3.24.